The Morgan fingerprint density at radius 3 is 2.85 bits per heavy atom. The molecule has 1 saturated heterocycles. The lowest BCUT2D eigenvalue weighted by Crippen LogP contribution is -2.51. The second-order valence-electron chi connectivity index (χ2n) is 6.14. The van der Waals surface area contributed by atoms with Crippen molar-refractivity contribution in [2.75, 3.05) is 19.8 Å². The Morgan fingerprint density at radius 2 is 2.12 bits per heavy atom. The van der Waals surface area contributed by atoms with Crippen LogP contribution in [0.4, 0.5) is 8.78 Å². The van der Waals surface area contributed by atoms with Crippen LogP contribution in [0, 0.1) is 11.6 Å². The van der Waals surface area contributed by atoms with E-state index in [-0.39, 0.29) is 25.6 Å². The zero-order chi connectivity index (χ0) is 18.5. The van der Waals surface area contributed by atoms with Crippen molar-refractivity contribution < 1.29 is 23.0 Å². The summed E-state index contributed by atoms with van der Waals surface area (Å²) in [6, 6.07) is 10.0. The van der Waals surface area contributed by atoms with E-state index in [4.69, 9.17) is 15.2 Å². The largest absolute Gasteiger partial charge is 0.489 e. The molecule has 2 N–H and O–H groups in total. The molecule has 3 rings (SSSR count). The van der Waals surface area contributed by atoms with E-state index in [0.29, 0.717) is 30.0 Å². The zero-order valence-electron chi connectivity index (χ0n) is 14.2. The molecule has 0 saturated carbocycles. The number of halogens is 2. The number of carbonyl (C=O) groups is 1. The number of benzene rings is 2. The molecule has 138 valence electrons. The summed E-state index contributed by atoms with van der Waals surface area (Å²) >= 11 is 0. The van der Waals surface area contributed by atoms with Crippen molar-refractivity contribution in [1.82, 2.24) is 4.90 Å². The highest BCUT2D eigenvalue weighted by atomic mass is 19.1. The number of ether oxygens (including phenoxy) is 2. The van der Waals surface area contributed by atoms with Crippen LogP contribution >= 0.6 is 0 Å². The maximum absolute atomic E-state index is 14.4. The third-order valence-electron chi connectivity index (χ3n) is 4.26. The van der Waals surface area contributed by atoms with E-state index in [2.05, 4.69) is 0 Å². The molecule has 2 aromatic carbocycles. The molecule has 1 fully saturated rings. The van der Waals surface area contributed by atoms with Gasteiger partial charge in [0.1, 0.15) is 30.0 Å². The maximum Gasteiger partial charge on any atom is 0.237 e. The van der Waals surface area contributed by atoms with Gasteiger partial charge in [-0.2, -0.15) is 0 Å². The van der Waals surface area contributed by atoms with Crippen LogP contribution in [0.5, 0.6) is 5.75 Å². The summed E-state index contributed by atoms with van der Waals surface area (Å²) in [7, 11) is 0. The molecule has 1 heterocycles. The number of hydrogen-bond acceptors (Lipinski definition) is 4. The molecule has 0 spiro atoms. The van der Waals surface area contributed by atoms with E-state index in [1.165, 1.54) is 18.2 Å². The van der Waals surface area contributed by atoms with Crippen molar-refractivity contribution in [2.45, 2.75) is 19.2 Å². The molecule has 1 aliphatic heterocycles. The Balaban J connectivity index is 1.64. The SMILES string of the molecule is NC(=O)[C@@H]1COCCN1Cc1ccc(OCc2cccc(F)c2)cc1F. The van der Waals surface area contributed by atoms with Crippen molar-refractivity contribution in [3.8, 4) is 5.75 Å². The minimum absolute atomic E-state index is 0.143. The third kappa shape index (κ3) is 4.56. The molecule has 5 nitrogen and oxygen atoms in total. The maximum atomic E-state index is 14.4. The first kappa shape index (κ1) is 18.3. The van der Waals surface area contributed by atoms with Crippen molar-refractivity contribution in [3.63, 3.8) is 0 Å². The summed E-state index contributed by atoms with van der Waals surface area (Å²) in [5.74, 6) is -0.914. The lowest BCUT2D eigenvalue weighted by Gasteiger charge is -2.33. The van der Waals surface area contributed by atoms with E-state index in [9.17, 15) is 13.6 Å². The van der Waals surface area contributed by atoms with Gasteiger partial charge in [0.15, 0.2) is 0 Å². The predicted octanol–water partition coefficient (Wildman–Crippen LogP) is 2.23. The van der Waals surface area contributed by atoms with Crippen LogP contribution in [0.1, 0.15) is 11.1 Å². The van der Waals surface area contributed by atoms with Crippen LogP contribution < -0.4 is 10.5 Å². The second-order valence-corrected chi connectivity index (χ2v) is 6.14. The van der Waals surface area contributed by atoms with Crippen molar-refractivity contribution in [2.24, 2.45) is 5.73 Å². The lowest BCUT2D eigenvalue weighted by molar-refractivity contribution is -0.129. The minimum atomic E-state index is -0.563. The van der Waals surface area contributed by atoms with Crippen molar-refractivity contribution in [3.05, 3.63) is 65.2 Å². The molecule has 26 heavy (non-hydrogen) atoms. The summed E-state index contributed by atoms with van der Waals surface area (Å²) in [4.78, 5) is 13.3. The second kappa shape index (κ2) is 8.25. The van der Waals surface area contributed by atoms with Crippen molar-refractivity contribution in [1.29, 1.82) is 0 Å². The van der Waals surface area contributed by atoms with Gasteiger partial charge >= 0.3 is 0 Å². The number of primary amides is 1. The van der Waals surface area contributed by atoms with Crippen LogP contribution in [0.3, 0.4) is 0 Å². The fourth-order valence-corrected chi connectivity index (χ4v) is 2.85. The number of rotatable bonds is 6. The zero-order valence-corrected chi connectivity index (χ0v) is 14.2. The van der Waals surface area contributed by atoms with Gasteiger partial charge in [-0.15, -0.1) is 0 Å². The molecule has 0 aromatic heterocycles. The molecule has 0 radical (unpaired) electrons. The average Bonchev–Trinajstić information content (AvgIpc) is 2.62. The Morgan fingerprint density at radius 1 is 1.27 bits per heavy atom. The standard InChI is InChI=1S/C19H20F2N2O3/c20-15-3-1-2-13(8-15)11-26-16-5-4-14(17(21)9-16)10-23-6-7-25-12-18(23)19(22)24/h1-5,8-9,18H,6-7,10-12H2,(H2,22,24)/t18-/m0/s1. The fourth-order valence-electron chi connectivity index (χ4n) is 2.85. The number of hydrogen-bond donors (Lipinski definition) is 1. The Bertz CT molecular complexity index is 785. The first-order valence-corrected chi connectivity index (χ1v) is 8.29. The molecular formula is C19H20F2N2O3. The fraction of sp³-hybridized carbons (Fsp3) is 0.316. The van der Waals surface area contributed by atoms with Gasteiger partial charge in [0.25, 0.3) is 0 Å². The summed E-state index contributed by atoms with van der Waals surface area (Å²) < 4.78 is 38.3. The van der Waals surface area contributed by atoms with Crippen LogP contribution in [0.15, 0.2) is 42.5 Å². The Labute approximate surface area is 150 Å². The lowest BCUT2D eigenvalue weighted by atomic mass is 10.1. The Hall–Kier alpha value is -2.51. The highest BCUT2D eigenvalue weighted by Gasteiger charge is 2.28. The molecule has 1 amide bonds. The topological polar surface area (TPSA) is 64.8 Å². The van der Waals surface area contributed by atoms with Crippen LogP contribution in [-0.2, 0) is 22.7 Å². The molecule has 0 unspecified atom stereocenters. The highest BCUT2D eigenvalue weighted by molar-refractivity contribution is 5.80. The predicted molar refractivity (Wildman–Crippen MR) is 91.3 cm³/mol. The van der Waals surface area contributed by atoms with Gasteiger partial charge in [0.2, 0.25) is 5.91 Å². The van der Waals surface area contributed by atoms with E-state index in [1.54, 1.807) is 29.2 Å². The quantitative estimate of drug-likeness (QED) is 0.856. The van der Waals surface area contributed by atoms with Crippen LogP contribution in [-0.4, -0.2) is 36.6 Å². The smallest absolute Gasteiger partial charge is 0.237 e. The van der Waals surface area contributed by atoms with Crippen LogP contribution in [0.25, 0.3) is 0 Å². The van der Waals surface area contributed by atoms with E-state index in [0.717, 1.165) is 0 Å². The summed E-state index contributed by atoms with van der Waals surface area (Å²) in [5.41, 5.74) is 6.48. The molecule has 1 aliphatic rings. The number of nitrogens with zero attached hydrogens (tertiary/aromatic N) is 1. The molecule has 0 aliphatic carbocycles. The normalized spacial score (nSPS) is 17.8. The average molecular weight is 362 g/mol. The number of carbonyl (C=O) groups excluding carboxylic acids is 1. The molecule has 1 atom stereocenters. The van der Waals surface area contributed by atoms with E-state index < -0.39 is 17.8 Å². The van der Waals surface area contributed by atoms with Gasteiger partial charge < -0.3 is 15.2 Å². The minimum Gasteiger partial charge on any atom is -0.489 e. The van der Waals surface area contributed by atoms with E-state index in [1.807, 2.05) is 0 Å². The molecular weight excluding hydrogens is 342 g/mol. The van der Waals surface area contributed by atoms with Gasteiger partial charge in [-0.05, 0) is 23.8 Å². The van der Waals surface area contributed by atoms with Crippen molar-refractivity contribution >= 4 is 5.91 Å². The van der Waals surface area contributed by atoms with Gasteiger partial charge in [0, 0.05) is 24.7 Å². The van der Waals surface area contributed by atoms with Gasteiger partial charge in [-0.25, -0.2) is 8.78 Å². The van der Waals surface area contributed by atoms with Gasteiger partial charge in [-0.1, -0.05) is 18.2 Å². The van der Waals surface area contributed by atoms with Gasteiger partial charge in [-0.3, -0.25) is 9.69 Å². The highest BCUT2D eigenvalue weighted by Crippen LogP contribution is 2.21. The number of amides is 1. The molecule has 2 aromatic rings. The monoisotopic (exact) mass is 362 g/mol. The first-order chi connectivity index (χ1) is 12.5. The third-order valence-corrected chi connectivity index (χ3v) is 4.26. The number of morpholine rings is 1. The summed E-state index contributed by atoms with van der Waals surface area (Å²) in [5, 5.41) is 0. The van der Waals surface area contributed by atoms with E-state index >= 15 is 0 Å². The van der Waals surface area contributed by atoms with Gasteiger partial charge in [0.05, 0.1) is 13.2 Å². The molecule has 0 bridgehead atoms. The summed E-state index contributed by atoms with van der Waals surface area (Å²) in [6.45, 7) is 1.59. The summed E-state index contributed by atoms with van der Waals surface area (Å²) in [6.07, 6.45) is 0. The first-order valence-electron chi connectivity index (χ1n) is 8.29. The number of nitrogens with two attached hydrogens (primary N) is 1. The van der Waals surface area contributed by atoms with Crippen LogP contribution in [0.2, 0.25) is 0 Å². The molecule has 7 heteroatoms. The Kier molecular flexibility index (Phi) is 5.80.